The zero-order chi connectivity index (χ0) is 26.5. The fraction of sp³-hybridized carbons (Fsp3) is 0.481. The standard InChI is InChI=1S/C27H33N5O5/c1-3-4-13-31-23(29-12-6-10-21(28)18-29)16-24(33)32(27(31)36)17-19-8-5-9-20(15-19)25(34)30-14-7-11-22(30)26(35)37-2/h5,8-9,15-16,21-22H,6-7,10-14,17-18,28H2,1-2H3/t21-,22-/m1/s1. The number of ether oxygens (including phenoxy) is 1. The lowest BCUT2D eigenvalue weighted by Crippen LogP contribution is -2.48. The number of piperidine rings is 1. The number of aromatic nitrogens is 2. The summed E-state index contributed by atoms with van der Waals surface area (Å²) < 4.78 is 7.51. The number of anilines is 1. The summed E-state index contributed by atoms with van der Waals surface area (Å²) in [6.45, 7) is 3.59. The summed E-state index contributed by atoms with van der Waals surface area (Å²) in [5.41, 5.74) is 6.26. The molecule has 0 aliphatic carbocycles. The number of esters is 1. The van der Waals surface area contributed by atoms with Crippen LogP contribution in [0.25, 0.3) is 0 Å². The van der Waals surface area contributed by atoms with Crippen molar-refractivity contribution in [1.82, 2.24) is 14.0 Å². The molecule has 196 valence electrons. The monoisotopic (exact) mass is 507 g/mol. The third-order valence-corrected chi connectivity index (χ3v) is 6.95. The minimum Gasteiger partial charge on any atom is -0.467 e. The number of hydrogen-bond donors (Lipinski definition) is 1. The Kier molecular flexibility index (Phi) is 8.14. The average Bonchev–Trinajstić information content (AvgIpc) is 3.39. The summed E-state index contributed by atoms with van der Waals surface area (Å²) >= 11 is 0. The van der Waals surface area contributed by atoms with Crippen molar-refractivity contribution in [3.05, 3.63) is 62.3 Å². The summed E-state index contributed by atoms with van der Waals surface area (Å²) in [7, 11) is 1.31. The van der Waals surface area contributed by atoms with Gasteiger partial charge in [-0.05, 0) is 50.3 Å². The van der Waals surface area contributed by atoms with Crippen LogP contribution in [0.15, 0.2) is 39.9 Å². The number of amides is 1. The van der Waals surface area contributed by atoms with Crippen molar-refractivity contribution in [3.8, 4) is 11.8 Å². The van der Waals surface area contributed by atoms with E-state index in [0.717, 1.165) is 23.8 Å². The van der Waals surface area contributed by atoms with E-state index in [0.29, 0.717) is 43.0 Å². The number of nitrogens with zero attached hydrogens (tertiary/aromatic N) is 4. The molecule has 2 aliphatic heterocycles. The van der Waals surface area contributed by atoms with Gasteiger partial charge in [-0.2, -0.15) is 0 Å². The molecule has 2 fully saturated rings. The molecule has 2 saturated heterocycles. The van der Waals surface area contributed by atoms with E-state index in [1.807, 2.05) is 4.90 Å². The van der Waals surface area contributed by atoms with Crippen LogP contribution in [0.3, 0.4) is 0 Å². The van der Waals surface area contributed by atoms with Crippen LogP contribution in [0.2, 0.25) is 0 Å². The lowest BCUT2D eigenvalue weighted by atomic mass is 10.1. The Bertz CT molecular complexity index is 1350. The van der Waals surface area contributed by atoms with Crippen LogP contribution in [-0.4, -0.2) is 64.7 Å². The largest absolute Gasteiger partial charge is 0.467 e. The molecule has 10 nitrogen and oxygen atoms in total. The maximum atomic E-state index is 13.5. The smallest absolute Gasteiger partial charge is 0.333 e. The highest BCUT2D eigenvalue weighted by molar-refractivity contribution is 5.97. The van der Waals surface area contributed by atoms with Crippen molar-refractivity contribution >= 4 is 17.7 Å². The lowest BCUT2D eigenvalue weighted by molar-refractivity contribution is -0.145. The summed E-state index contributed by atoms with van der Waals surface area (Å²) in [5.74, 6) is 5.55. The molecule has 0 saturated carbocycles. The van der Waals surface area contributed by atoms with Gasteiger partial charge in [0, 0.05) is 37.3 Å². The molecule has 1 aromatic carbocycles. The molecule has 2 aromatic rings. The molecule has 10 heteroatoms. The van der Waals surface area contributed by atoms with E-state index in [-0.39, 0.29) is 25.0 Å². The highest BCUT2D eigenvalue weighted by atomic mass is 16.5. The summed E-state index contributed by atoms with van der Waals surface area (Å²) in [6, 6.07) is 7.64. The van der Waals surface area contributed by atoms with E-state index >= 15 is 0 Å². The van der Waals surface area contributed by atoms with E-state index in [4.69, 9.17) is 10.5 Å². The minimum atomic E-state index is -0.605. The Morgan fingerprint density at radius 1 is 1.11 bits per heavy atom. The van der Waals surface area contributed by atoms with E-state index in [2.05, 4.69) is 11.8 Å². The van der Waals surface area contributed by atoms with Gasteiger partial charge in [0.25, 0.3) is 11.5 Å². The quantitative estimate of drug-likeness (QED) is 0.453. The van der Waals surface area contributed by atoms with Crippen LogP contribution in [0, 0.1) is 11.8 Å². The van der Waals surface area contributed by atoms with Crippen molar-refractivity contribution in [1.29, 1.82) is 0 Å². The molecular weight excluding hydrogens is 474 g/mol. The van der Waals surface area contributed by atoms with Crippen molar-refractivity contribution in [3.63, 3.8) is 0 Å². The maximum Gasteiger partial charge on any atom is 0.333 e. The number of likely N-dealkylation sites (tertiary alicyclic amines) is 1. The molecule has 1 aromatic heterocycles. The first kappa shape index (κ1) is 26.2. The summed E-state index contributed by atoms with van der Waals surface area (Å²) in [6.07, 6.45) is 3.06. The van der Waals surface area contributed by atoms with Gasteiger partial charge in [-0.1, -0.05) is 18.1 Å². The second-order valence-electron chi connectivity index (χ2n) is 9.45. The van der Waals surface area contributed by atoms with E-state index < -0.39 is 23.3 Å². The molecule has 37 heavy (non-hydrogen) atoms. The Hall–Kier alpha value is -3.84. The fourth-order valence-corrected chi connectivity index (χ4v) is 5.08. The summed E-state index contributed by atoms with van der Waals surface area (Å²) in [5, 5.41) is 0. The lowest BCUT2D eigenvalue weighted by Gasteiger charge is -2.33. The predicted molar refractivity (Wildman–Crippen MR) is 139 cm³/mol. The first-order chi connectivity index (χ1) is 17.8. The van der Waals surface area contributed by atoms with E-state index in [1.165, 1.54) is 22.6 Å². The van der Waals surface area contributed by atoms with Gasteiger partial charge in [0.1, 0.15) is 11.9 Å². The van der Waals surface area contributed by atoms with Gasteiger partial charge in [-0.3, -0.25) is 18.7 Å². The number of rotatable bonds is 6. The third kappa shape index (κ3) is 5.62. The van der Waals surface area contributed by atoms with E-state index in [1.54, 1.807) is 31.2 Å². The number of carbonyl (C=O) groups is 2. The van der Waals surface area contributed by atoms with Crippen LogP contribution in [0.5, 0.6) is 0 Å². The maximum absolute atomic E-state index is 13.5. The van der Waals surface area contributed by atoms with Gasteiger partial charge in [0.05, 0.1) is 20.2 Å². The van der Waals surface area contributed by atoms with Crippen LogP contribution in [0.1, 0.15) is 48.5 Å². The topological polar surface area (TPSA) is 120 Å². The number of hydrogen-bond acceptors (Lipinski definition) is 7. The van der Waals surface area contributed by atoms with Gasteiger partial charge in [-0.15, -0.1) is 5.92 Å². The second kappa shape index (κ2) is 11.5. The molecule has 0 unspecified atom stereocenters. The van der Waals surface area contributed by atoms with Crippen LogP contribution in [-0.2, 0) is 22.6 Å². The van der Waals surface area contributed by atoms with Gasteiger partial charge < -0.3 is 20.3 Å². The van der Waals surface area contributed by atoms with Crippen molar-refractivity contribution in [2.75, 3.05) is 31.6 Å². The molecule has 2 aliphatic rings. The molecule has 2 N–H and O–H groups in total. The number of carbonyl (C=O) groups excluding carboxylic acids is 2. The first-order valence-corrected chi connectivity index (χ1v) is 12.6. The highest BCUT2D eigenvalue weighted by Crippen LogP contribution is 2.22. The number of benzene rings is 1. The van der Waals surface area contributed by atoms with Gasteiger partial charge in [-0.25, -0.2) is 9.59 Å². The number of nitrogens with two attached hydrogens (primary N) is 1. The van der Waals surface area contributed by atoms with Crippen LogP contribution >= 0.6 is 0 Å². The van der Waals surface area contributed by atoms with Gasteiger partial charge in [0.15, 0.2) is 0 Å². The third-order valence-electron chi connectivity index (χ3n) is 6.95. The molecule has 0 bridgehead atoms. The second-order valence-corrected chi connectivity index (χ2v) is 9.45. The Labute approximate surface area is 215 Å². The Balaban J connectivity index is 1.65. The van der Waals surface area contributed by atoms with Crippen LogP contribution < -0.4 is 21.9 Å². The van der Waals surface area contributed by atoms with Crippen molar-refractivity contribution < 1.29 is 14.3 Å². The molecule has 4 rings (SSSR count). The number of methoxy groups -OCH3 is 1. The summed E-state index contributed by atoms with van der Waals surface area (Å²) in [4.78, 5) is 55.4. The minimum absolute atomic E-state index is 0.00142. The molecule has 2 atom stereocenters. The van der Waals surface area contributed by atoms with Gasteiger partial charge >= 0.3 is 11.7 Å². The van der Waals surface area contributed by atoms with Crippen LogP contribution in [0.4, 0.5) is 5.82 Å². The zero-order valence-electron chi connectivity index (χ0n) is 21.3. The average molecular weight is 508 g/mol. The highest BCUT2D eigenvalue weighted by Gasteiger charge is 2.35. The van der Waals surface area contributed by atoms with Gasteiger partial charge in [0.2, 0.25) is 0 Å². The first-order valence-electron chi connectivity index (χ1n) is 12.6. The van der Waals surface area contributed by atoms with Crippen molar-refractivity contribution in [2.45, 2.75) is 57.8 Å². The molecule has 0 spiro atoms. The molecule has 3 heterocycles. The Morgan fingerprint density at radius 2 is 1.89 bits per heavy atom. The molecule has 0 radical (unpaired) electrons. The normalized spacial score (nSPS) is 19.3. The Morgan fingerprint density at radius 3 is 2.62 bits per heavy atom. The van der Waals surface area contributed by atoms with E-state index in [9.17, 15) is 19.2 Å². The fourth-order valence-electron chi connectivity index (χ4n) is 5.08. The van der Waals surface area contributed by atoms with Crippen molar-refractivity contribution in [2.24, 2.45) is 5.73 Å². The molecule has 1 amide bonds. The predicted octanol–water partition coefficient (Wildman–Crippen LogP) is 0.787. The SMILES string of the molecule is CC#CCn1c(N2CCC[C@@H](N)C2)cc(=O)n(Cc2cccc(C(=O)N3CCC[C@@H]3C(=O)OC)c2)c1=O. The zero-order valence-corrected chi connectivity index (χ0v) is 21.3. The molecular formula is C27H33N5O5.